The Labute approximate surface area is 161 Å². The van der Waals surface area contributed by atoms with E-state index in [4.69, 9.17) is 5.73 Å². The van der Waals surface area contributed by atoms with E-state index in [-0.39, 0.29) is 36.6 Å². The minimum absolute atomic E-state index is 0. The van der Waals surface area contributed by atoms with Crippen LogP contribution in [0.3, 0.4) is 0 Å². The van der Waals surface area contributed by atoms with Crippen LogP contribution in [0, 0.1) is 31.6 Å². The molecule has 7 heteroatoms. The number of nitrogens with zero attached hydrogens (tertiary/aromatic N) is 1. The summed E-state index contributed by atoms with van der Waals surface area (Å²) in [6, 6.07) is 0.332. The Balaban J connectivity index is 0.00000144. The first-order chi connectivity index (χ1) is 10.5. The summed E-state index contributed by atoms with van der Waals surface area (Å²) < 4.78 is 0. The lowest BCUT2D eigenvalue weighted by molar-refractivity contribution is -0.127. The highest BCUT2D eigenvalue weighted by Crippen LogP contribution is 2.41. The molecule has 2 saturated carbocycles. The molecule has 2 unspecified atom stereocenters. The first-order valence-corrected chi connectivity index (χ1v) is 9.32. The number of carbonyl (C=O) groups is 1. The molecule has 3 N–H and O–H groups in total. The number of fused-ring (bicyclic) bond motifs is 2. The van der Waals surface area contributed by atoms with Crippen molar-refractivity contribution in [1.29, 1.82) is 0 Å². The van der Waals surface area contributed by atoms with Gasteiger partial charge in [0.2, 0.25) is 5.91 Å². The summed E-state index contributed by atoms with van der Waals surface area (Å²) in [5.74, 6) is 1.53. The fraction of sp³-hybridized carbons (Fsp3) is 0.765. The van der Waals surface area contributed by atoms with Crippen LogP contribution in [0.2, 0.25) is 0 Å². The quantitative estimate of drug-likeness (QED) is 0.822. The number of rotatable bonds is 4. The van der Waals surface area contributed by atoms with Gasteiger partial charge in [-0.15, -0.1) is 36.2 Å². The topological polar surface area (TPSA) is 68.0 Å². The van der Waals surface area contributed by atoms with Crippen molar-refractivity contribution in [2.75, 3.05) is 6.54 Å². The molecule has 1 heterocycles. The van der Waals surface area contributed by atoms with E-state index >= 15 is 0 Å². The molecule has 2 bridgehead atoms. The zero-order valence-corrected chi connectivity index (χ0v) is 16.9. The lowest BCUT2D eigenvalue weighted by Gasteiger charge is -2.43. The van der Waals surface area contributed by atoms with Gasteiger partial charge in [0.05, 0.1) is 10.7 Å². The van der Waals surface area contributed by atoms with E-state index in [1.165, 1.54) is 24.1 Å². The zero-order valence-electron chi connectivity index (χ0n) is 14.4. The summed E-state index contributed by atoms with van der Waals surface area (Å²) in [5.41, 5.74) is 7.41. The maximum Gasteiger partial charge on any atom is 0.223 e. The standard InChI is InChI=1S/C17H27N3OS.2ClH/c1-10-11(2)22-15(20-10)6-7-19-17(21)14-8-12-4-3-5-13(9-14)16(12)18;;/h12-14,16H,3-9,18H2,1-2H3,(H,19,21);2*1H. The molecule has 1 aromatic heterocycles. The Hall–Kier alpha value is -0.360. The molecule has 0 saturated heterocycles. The van der Waals surface area contributed by atoms with E-state index in [1.807, 2.05) is 6.92 Å². The number of aromatic nitrogens is 1. The summed E-state index contributed by atoms with van der Waals surface area (Å²) in [5, 5.41) is 4.24. The van der Waals surface area contributed by atoms with Crippen LogP contribution in [-0.2, 0) is 11.2 Å². The average molecular weight is 394 g/mol. The van der Waals surface area contributed by atoms with Gasteiger partial charge in [-0.3, -0.25) is 4.79 Å². The number of carbonyl (C=O) groups excluding carboxylic acids is 1. The number of halogens is 2. The Morgan fingerprint density at radius 3 is 2.42 bits per heavy atom. The molecular weight excluding hydrogens is 365 g/mol. The second kappa shape index (κ2) is 9.37. The van der Waals surface area contributed by atoms with Crippen LogP contribution >= 0.6 is 36.2 Å². The van der Waals surface area contributed by atoms with Crippen molar-refractivity contribution < 1.29 is 4.79 Å². The van der Waals surface area contributed by atoms with Crippen LogP contribution in [0.4, 0.5) is 0 Å². The molecule has 1 amide bonds. The smallest absolute Gasteiger partial charge is 0.223 e. The van der Waals surface area contributed by atoms with Crippen molar-refractivity contribution >= 4 is 42.1 Å². The summed E-state index contributed by atoms with van der Waals surface area (Å²) in [4.78, 5) is 18.2. The van der Waals surface area contributed by atoms with Crippen LogP contribution in [0.25, 0.3) is 0 Å². The van der Waals surface area contributed by atoms with Gasteiger partial charge in [0, 0.05) is 29.8 Å². The molecule has 2 aliphatic carbocycles. The predicted molar refractivity (Wildman–Crippen MR) is 104 cm³/mol. The molecule has 2 fully saturated rings. The average Bonchev–Trinajstić information content (AvgIpc) is 2.77. The first kappa shape index (κ1) is 21.7. The number of thiazole rings is 1. The fourth-order valence-electron chi connectivity index (χ4n) is 4.09. The van der Waals surface area contributed by atoms with Crippen molar-refractivity contribution in [2.45, 2.75) is 58.4 Å². The molecule has 0 aromatic carbocycles. The number of hydrogen-bond acceptors (Lipinski definition) is 4. The maximum atomic E-state index is 12.4. The van der Waals surface area contributed by atoms with Gasteiger partial charge in [-0.2, -0.15) is 0 Å². The van der Waals surface area contributed by atoms with Crippen molar-refractivity contribution in [3.05, 3.63) is 15.6 Å². The minimum atomic E-state index is 0. The van der Waals surface area contributed by atoms with E-state index < -0.39 is 0 Å². The van der Waals surface area contributed by atoms with Gasteiger partial charge in [0.15, 0.2) is 0 Å². The summed E-state index contributed by atoms with van der Waals surface area (Å²) in [6.45, 7) is 4.83. The number of nitrogens with one attached hydrogen (secondary N) is 1. The molecule has 2 aliphatic rings. The Kier molecular flexibility index (Phi) is 8.46. The molecule has 1 aromatic rings. The SMILES string of the molecule is Cc1nc(CCNC(=O)C2CC3CCCC(C2)C3N)sc1C.Cl.Cl. The molecular formula is C17H29Cl2N3OS. The minimum Gasteiger partial charge on any atom is -0.355 e. The normalized spacial score (nSPS) is 28.5. The van der Waals surface area contributed by atoms with Crippen LogP contribution in [0.5, 0.6) is 0 Å². The summed E-state index contributed by atoms with van der Waals surface area (Å²) in [7, 11) is 0. The summed E-state index contributed by atoms with van der Waals surface area (Å²) >= 11 is 1.74. The highest BCUT2D eigenvalue weighted by molar-refractivity contribution is 7.11. The highest BCUT2D eigenvalue weighted by atomic mass is 35.5. The fourth-order valence-corrected chi connectivity index (χ4v) is 5.02. The largest absolute Gasteiger partial charge is 0.355 e. The Morgan fingerprint density at radius 2 is 1.88 bits per heavy atom. The lowest BCUT2D eigenvalue weighted by Crippen LogP contribution is -2.49. The van der Waals surface area contributed by atoms with Crippen molar-refractivity contribution in [1.82, 2.24) is 10.3 Å². The third-order valence-corrected chi connectivity index (χ3v) is 6.63. The molecule has 24 heavy (non-hydrogen) atoms. The van der Waals surface area contributed by atoms with Crippen molar-refractivity contribution in [2.24, 2.45) is 23.5 Å². The molecule has 0 radical (unpaired) electrons. The second-order valence-electron chi connectivity index (χ2n) is 6.99. The van der Waals surface area contributed by atoms with Gasteiger partial charge >= 0.3 is 0 Å². The van der Waals surface area contributed by atoms with Crippen LogP contribution < -0.4 is 11.1 Å². The zero-order chi connectivity index (χ0) is 15.7. The van der Waals surface area contributed by atoms with Crippen LogP contribution in [0.15, 0.2) is 0 Å². The molecule has 138 valence electrons. The van der Waals surface area contributed by atoms with Gasteiger partial charge in [-0.1, -0.05) is 6.42 Å². The van der Waals surface area contributed by atoms with Gasteiger partial charge in [0.1, 0.15) is 0 Å². The summed E-state index contributed by atoms with van der Waals surface area (Å²) in [6.07, 6.45) is 6.51. The molecule has 0 spiro atoms. The predicted octanol–water partition coefficient (Wildman–Crippen LogP) is 3.42. The van der Waals surface area contributed by atoms with Gasteiger partial charge in [-0.05, 0) is 51.4 Å². The van der Waals surface area contributed by atoms with Crippen LogP contribution in [0.1, 0.15) is 47.7 Å². The molecule has 2 atom stereocenters. The van der Waals surface area contributed by atoms with Gasteiger partial charge in [0.25, 0.3) is 0 Å². The van der Waals surface area contributed by atoms with E-state index in [2.05, 4.69) is 17.2 Å². The number of aryl methyl sites for hydroxylation is 2. The molecule has 3 rings (SSSR count). The van der Waals surface area contributed by atoms with E-state index in [0.717, 1.165) is 30.0 Å². The number of amides is 1. The van der Waals surface area contributed by atoms with Gasteiger partial charge < -0.3 is 11.1 Å². The second-order valence-corrected chi connectivity index (χ2v) is 8.27. The van der Waals surface area contributed by atoms with E-state index in [9.17, 15) is 4.79 Å². The van der Waals surface area contributed by atoms with Crippen molar-refractivity contribution in [3.8, 4) is 0 Å². The highest BCUT2D eigenvalue weighted by Gasteiger charge is 2.40. The molecule has 0 aliphatic heterocycles. The number of hydrogen-bond donors (Lipinski definition) is 2. The third kappa shape index (κ3) is 4.84. The lowest BCUT2D eigenvalue weighted by atomic mass is 9.65. The van der Waals surface area contributed by atoms with Gasteiger partial charge in [-0.25, -0.2) is 4.98 Å². The van der Waals surface area contributed by atoms with E-state index in [0.29, 0.717) is 24.4 Å². The number of nitrogens with two attached hydrogens (primary N) is 1. The monoisotopic (exact) mass is 393 g/mol. The Bertz CT molecular complexity index is 518. The van der Waals surface area contributed by atoms with Crippen LogP contribution in [-0.4, -0.2) is 23.5 Å². The maximum absolute atomic E-state index is 12.4. The third-order valence-electron chi connectivity index (χ3n) is 5.49. The first-order valence-electron chi connectivity index (χ1n) is 8.50. The van der Waals surface area contributed by atoms with E-state index in [1.54, 1.807) is 11.3 Å². The molecule has 4 nitrogen and oxygen atoms in total. The Morgan fingerprint density at radius 1 is 1.25 bits per heavy atom. The van der Waals surface area contributed by atoms with Crippen molar-refractivity contribution in [3.63, 3.8) is 0 Å².